The molecular weight excluding hydrogens is 400 g/mol. The van der Waals surface area contributed by atoms with E-state index in [0.717, 1.165) is 30.6 Å². The molecule has 2 aromatic heterocycles. The smallest absolute Gasteiger partial charge is 0.256 e. The first-order valence-electron chi connectivity index (χ1n) is 9.88. The van der Waals surface area contributed by atoms with Gasteiger partial charge in [-0.05, 0) is 55.0 Å². The molecule has 0 bridgehead atoms. The van der Waals surface area contributed by atoms with Crippen molar-refractivity contribution < 1.29 is 14.3 Å². The number of carbonyl (C=O) groups is 2. The Kier molecular flexibility index (Phi) is 5.85. The Balaban J connectivity index is 1.35. The highest BCUT2D eigenvalue weighted by Gasteiger charge is 2.23. The van der Waals surface area contributed by atoms with Crippen LogP contribution in [0.3, 0.4) is 0 Å². The average Bonchev–Trinajstić information content (AvgIpc) is 3.34. The Morgan fingerprint density at radius 3 is 2.80 bits per heavy atom. The van der Waals surface area contributed by atoms with Gasteiger partial charge >= 0.3 is 0 Å². The molecular formula is C22H24N4O3S. The number of rotatable bonds is 6. The van der Waals surface area contributed by atoms with Crippen molar-refractivity contribution in [3.05, 3.63) is 58.0 Å². The third-order valence-corrected chi connectivity index (χ3v) is 6.27. The van der Waals surface area contributed by atoms with Gasteiger partial charge < -0.3 is 15.4 Å². The SMILES string of the molecule is COc1ccc(NC(=O)Cn2cc(NC(=O)c3csc4c3CCC(C)C4)cn2)cc1. The van der Waals surface area contributed by atoms with E-state index in [-0.39, 0.29) is 18.4 Å². The Bertz CT molecular complexity index is 1050. The van der Waals surface area contributed by atoms with Crippen molar-refractivity contribution in [2.24, 2.45) is 5.92 Å². The van der Waals surface area contributed by atoms with Crippen LogP contribution in [0.1, 0.15) is 34.1 Å². The molecule has 4 rings (SSSR count). The number of nitrogens with zero attached hydrogens (tertiary/aromatic N) is 2. The molecule has 2 amide bonds. The molecule has 7 nitrogen and oxygen atoms in total. The maximum absolute atomic E-state index is 12.7. The van der Waals surface area contributed by atoms with Crippen molar-refractivity contribution in [1.29, 1.82) is 0 Å². The van der Waals surface area contributed by atoms with Crippen molar-refractivity contribution in [3.8, 4) is 5.75 Å². The lowest BCUT2D eigenvalue weighted by Crippen LogP contribution is -2.19. The standard InChI is InChI=1S/C22H24N4O3S/c1-14-3-8-18-19(13-30-20(18)9-14)22(28)25-16-10-23-26(11-16)12-21(27)24-15-4-6-17(29-2)7-5-15/h4-7,10-11,13-14H,3,8-9,12H2,1-2H3,(H,24,27)(H,25,28). The second-order valence-corrected chi connectivity index (χ2v) is 8.52. The molecule has 1 aliphatic rings. The summed E-state index contributed by atoms with van der Waals surface area (Å²) in [6.07, 6.45) is 6.33. The molecule has 0 fully saturated rings. The van der Waals surface area contributed by atoms with Gasteiger partial charge in [-0.1, -0.05) is 6.92 Å². The molecule has 2 N–H and O–H groups in total. The number of amides is 2. The molecule has 156 valence electrons. The van der Waals surface area contributed by atoms with Crippen LogP contribution in [0.25, 0.3) is 0 Å². The monoisotopic (exact) mass is 424 g/mol. The van der Waals surface area contributed by atoms with Crippen molar-refractivity contribution in [2.75, 3.05) is 17.7 Å². The molecule has 1 atom stereocenters. The van der Waals surface area contributed by atoms with Gasteiger partial charge in [-0.3, -0.25) is 14.3 Å². The number of aromatic nitrogens is 2. The normalized spacial score (nSPS) is 15.3. The Morgan fingerprint density at radius 1 is 1.23 bits per heavy atom. The third kappa shape index (κ3) is 4.54. The minimum absolute atomic E-state index is 0.0492. The topological polar surface area (TPSA) is 85.2 Å². The van der Waals surface area contributed by atoms with E-state index in [4.69, 9.17) is 4.74 Å². The van der Waals surface area contributed by atoms with E-state index in [1.165, 1.54) is 15.1 Å². The quantitative estimate of drug-likeness (QED) is 0.627. The number of hydrogen-bond donors (Lipinski definition) is 2. The van der Waals surface area contributed by atoms with Crippen LogP contribution in [0.15, 0.2) is 42.0 Å². The highest BCUT2D eigenvalue weighted by Crippen LogP contribution is 2.33. The lowest BCUT2D eigenvalue weighted by Gasteiger charge is -2.18. The van der Waals surface area contributed by atoms with Gasteiger partial charge in [0.25, 0.3) is 5.91 Å². The van der Waals surface area contributed by atoms with E-state index in [2.05, 4.69) is 22.7 Å². The van der Waals surface area contributed by atoms with E-state index < -0.39 is 0 Å². The number of benzene rings is 1. The summed E-state index contributed by atoms with van der Waals surface area (Å²) in [5, 5.41) is 11.8. The summed E-state index contributed by atoms with van der Waals surface area (Å²) in [7, 11) is 1.59. The fourth-order valence-electron chi connectivity index (χ4n) is 3.60. The number of nitrogens with one attached hydrogen (secondary N) is 2. The summed E-state index contributed by atoms with van der Waals surface area (Å²) in [4.78, 5) is 26.3. The average molecular weight is 425 g/mol. The molecule has 2 heterocycles. The number of ether oxygens (including phenoxy) is 1. The molecule has 0 saturated carbocycles. The van der Waals surface area contributed by atoms with Crippen molar-refractivity contribution in [2.45, 2.75) is 32.7 Å². The second kappa shape index (κ2) is 8.71. The van der Waals surface area contributed by atoms with E-state index in [1.54, 1.807) is 55.1 Å². The minimum atomic E-state index is -0.206. The summed E-state index contributed by atoms with van der Waals surface area (Å²) in [5.74, 6) is 1.07. The zero-order valence-corrected chi connectivity index (χ0v) is 17.8. The van der Waals surface area contributed by atoms with E-state index in [0.29, 0.717) is 17.3 Å². The molecule has 0 saturated heterocycles. The number of thiophene rings is 1. The highest BCUT2D eigenvalue weighted by atomic mass is 32.1. The van der Waals surface area contributed by atoms with Crippen LogP contribution in [0.5, 0.6) is 5.75 Å². The van der Waals surface area contributed by atoms with Gasteiger partial charge in [-0.2, -0.15) is 5.10 Å². The maximum atomic E-state index is 12.7. The Hall–Kier alpha value is -3.13. The molecule has 8 heteroatoms. The number of fused-ring (bicyclic) bond motifs is 1. The van der Waals surface area contributed by atoms with Gasteiger partial charge in [0, 0.05) is 22.1 Å². The zero-order chi connectivity index (χ0) is 21.1. The van der Waals surface area contributed by atoms with E-state index in [9.17, 15) is 9.59 Å². The van der Waals surface area contributed by atoms with E-state index in [1.807, 2.05) is 5.38 Å². The first-order valence-corrected chi connectivity index (χ1v) is 10.8. The van der Waals surface area contributed by atoms with Crippen LogP contribution in [0.4, 0.5) is 11.4 Å². The summed E-state index contributed by atoms with van der Waals surface area (Å²) in [6, 6.07) is 7.10. The van der Waals surface area contributed by atoms with Crippen LogP contribution in [0, 0.1) is 5.92 Å². The van der Waals surface area contributed by atoms with Gasteiger partial charge in [0.2, 0.25) is 5.91 Å². The predicted molar refractivity (Wildman–Crippen MR) is 117 cm³/mol. The molecule has 0 spiro atoms. The fraction of sp³-hybridized carbons (Fsp3) is 0.318. The molecule has 1 aliphatic carbocycles. The highest BCUT2D eigenvalue weighted by molar-refractivity contribution is 7.10. The molecule has 1 unspecified atom stereocenters. The van der Waals surface area contributed by atoms with Crippen LogP contribution >= 0.6 is 11.3 Å². The number of carbonyl (C=O) groups excluding carboxylic acids is 2. The van der Waals surface area contributed by atoms with Gasteiger partial charge in [-0.15, -0.1) is 11.3 Å². The molecule has 3 aromatic rings. The minimum Gasteiger partial charge on any atom is -0.497 e. The van der Waals surface area contributed by atoms with Crippen LogP contribution in [-0.2, 0) is 24.2 Å². The fourth-order valence-corrected chi connectivity index (χ4v) is 4.85. The summed E-state index contributed by atoms with van der Waals surface area (Å²) >= 11 is 1.67. The first kappa shape index (κ1) is 20.2. The van der Waals surface area contributed by atoms with Gasteiger partial charge in [0.15, 0.2) is 0 Å². The Morgan fingerprint density at radius 2 is 2.03 bits per heavy atom. The van der Waals surface area contributed by atoms with Crippen molar-refractivity contribution in [3.63, 3.8) is 0 Å². The lowest BCUT2D eigenvalue weighted by atomic mass is 9.88. The largest absolute Gasteiger partial charge is 0.497 e. The second-order valence-electron chi connectivity index (χ2n) is 7.56. The van der Waals surface area contributed by atoms with Crippen LogP contribution in [0.2, 0.25) is 0 Å². The Labute approximate surface area is 179 Å². The summed E-state index contributed by atoms with van der Waals surface area (Å²) < 4.78 is 6.60. The van der Waals surface area contributed by atoms with Crippen molar-refractivity contribution in [1.82, 2.24) is 9.78 Å². The molecule has 0 aliphatic heterocycles. The van der Waals surface area contributed by atoms with Gasteiger partial charge in [-0.25, -0.2) is 0 Å². The first-order chi connectivity index (χ1) is 14.5. The summed E-state index contributed by atoms with van der Waals surface area (Å²) in [5.41, 5.74) is 3.19. The van der Waals surface area contributed by atoms with Gasteiger partial charge in [0.1, 0.15) is 12.3 Å². The maximum Gasteiger partial charge on any atom is 0.256 e. The number of anilines is 2. The lowest BCUT2D eigenvalue weighted by molar-refractivity contribution is -0.116. The van der Waals surface area contributed by atoms with Crippen molar-refractivity contribution >= 4 is 34.5 Å². The molecule has 0 radical (unpaired) electrons. The number of methoxy groups -OCH3 is 1. The van der Waals surface area contributed by atoms with E-state index >= 15 is 0 Å². The van der Waals surface area contributed by atoms with Crippen LogP contribution in [-0.4, -0.2) is 28.7 Å². The zero-order valence-electron chi connectivity index (χ0n) is 17.0. The van der Waals surface area contributed by atoms with Crippen LogP contribution < -0.4 is 15.4 Å². The summed E-state index contributed by atoms with van der Waals surface area (Å²) in [6.45, 7) is 2.30. The molecule has 1 aromatic carbocycles. The molecule has 30 heavy (non-hydrogen) atoms. The van der Waals surface area contributed by atoms with Gasteiger partial charge in [0.05, 0.1) is 24.6 Å². The predicted octanol–water partition coefficient (Wildman–Crippen LogP) is 3.97. The number of hydrogen-bond acceptors (Lipinski definition) is 5. The third-order valence-electron chi connectivity index (χ3n) is 5.22.